The molecule has 0 N–H and O–H groups in total. The summed E-state index contributed by atoms with van der Waals surface area (Å²) in [6.07, 6.45) is 1.74. The van der Waals surface area contributed by atoms with E-state index in [0.29, 0.717) is 33.0 Å². The molecule has 158 valence electrons. The molecular weight excluding hydrogens is 436 g/mol. The molecule has 0 amide bonds. The van der Waals surface area contributed by atoms with Gasteiger partial charge in [0.2, 0.25) is 5.16 Å². The van der Waals surface area contributed by atoms with Crippen molar-refractivity contribution in [3.8, 4) is 17.1 Å². The summed E-state index contributed by atoms with van der Waals surface area (Å²) >= 11 is 7.56. The highest BCUT2D eigenvalue weighted by Crippen LogP contribution is 2.30. The van der Waals surface area contributed by atoms with Gasteiger partial charge in [-0.1, -0.05) is 35.5 Å². The van der Waals surface area contributed by atoms with Crippen molar-refractivity contribution in [2.24, 2.45) is 5.10 Å². The van der Waals surface area contributed by atoms with Gasteiger partial charge in [0.15, 0.2) is 5.82 Å². The maximum Gasteiger partial charge on any atom is 0.340 e. The lowest BCUT2D eigenvalue weighted by molar-refractivity contribution is -0.137. The molecule has 0 saturated heterocycles. The van der Waals surface area contributed by atoms with E-state index in [9.17, 15) is 4.79 Å². The number of hydrogen-bond donors (Lipinski definition) is 0. The van der Waals surface area contributed by atoms with Crippen molar-refractivity contribution in [1.82, 2.24) is 14.9 Å². The Morgan fingerprint density at radius 1 is 1.23 bits per heavy atom. The lowest BCUT2D eigenvalue weighted by Gasteiger charge is -2.16. The van der Waals surface area contributed by atoms with Crippen LogP contribution in [0.25, 0.3) is 17.5 Å². The van der Waals surface area contributed by atoms with E-state index >= 15 is 0 Å². The third-order valence-corrected chi connectivity index (χ3v) is 5.65. The second-order valence-corrected chi connectivity index (χ2v) is 7.89. The molecule has 1 aliphatic heterocycles. The van der Waals surface area contributed by atoms with E-state index in [2.05, 4.69) is 10.2 Å². The fraction of sp³-hybridized carbons (Fsp3) is 0.182. The first-order chi connectivity index (χ1) is 15.1. The van der Waals surface area contributed by atoms with Crippen LogP contribution in [0.1, 0.15) is 12.5 Å². The van der Waals surface area contributed by atoms with Crippen LogP contribution < -0.4 is 4.74 Å². The number of carbonyl (C=O) groups is 1. The van der Waals surface area contributed by atoms with Gasteiger partial charge in [0.05, 0.1) is 25.0 Å². The van der Waals surface area contributed by atoms with Crippen molar-refractivity contribution >= 4 is 41.1 Å². The Morgan fingerprint density at radius 2 is 2.03 bits per heavy atom. The smallest absolute Gasteiger partial charge is 0.340 e. The van der Waals surface area contributed by atoms with Crippen LogP contribution in [0.4, 0.5) is 0 Å². The molecule has 31 heavy (non-hydrogen) atoms. The Labute approximate surface area is 188 Å². The number of thioether (sulfide) groups is 1. The van der Waals surface area contributed by atoms with Crippen molar-refractivity contribution < 1.29 is 14.3 Å². The summed E-state index contributed by atoms with van der Waals surface area (Å²) in [7, 11) is 1.62. The third kappa shape index (κ3) is 4.65. The van der Waals surface area contributed by atoms with Crippen molar-refractivity contribution in [2.75, 3.05) is 19.5 Å². The van der Waals surface area contributed by atoms with Gasteiger partial charge in [0.1, 0.15) is 5.75 Å². The van der Waals surface area contributed by atoms with Crippen LogP contribution in [-0.4, -0.2) is 46.0 Å². The van der Waals surface area contributed by atoms with Crippen LogP contribution in [-0.2, 0) is 9.53 Å². The Kier molecular flexibility index (Phi) is 6.39. The Balaban J connectivity index is 1.76. The molecule has 2 aromatic carbocycles. The van der Waals surface area contributed by atoms with Gasteiger partial charge in [-0.15, -0.1) is 10.2 Å². The van der Waals surface area contributed by atoms with Gasteiger partial charge in [-0.3, -0.25) is 0 Å². The van der Waals surface area contributed by atoms with Gasteiger partial charge in [-0.25, -0.2) is 4.79 Å². The predicted molar refractivity (Wildman–Crippen MR) is 122 cm³/mol. The number of ether oxygens (including phenoxy) is 2. The second kappa shape index (κ2) is 9.36. The number of aromatic nitrogens is 3. The van der Waals surface area contributed by atoms with E-state index in [-0.39, 0.29) is 6.61 Å². The summed E-state index contributed by atoms with van der Waals surface area (Å²) < 4.78 is 12.2. The fourth-order valence-corrected chi connectivity index (χ4v) is 4.04. The SMILES string of the molecule is CCOC(=O)C(=Cc1cccc(Cl)c1)C1=Nn2c(nnc2-c2ccc(OC)cc2)SC1. The van der Waals surface area contributed by atoms with Crippen molar-refractivity contribution in [3.63, 3.8) is 0 Å². The molecule has 4 rings (SSSR count). The summed E-state index contributed by atoms with van der Waals surface area (Å²) in [5.41, 5.74) is 2.57. The molecule has 0 bridgehead atoms. The maximum absolute atomic E-state index is 12.7. The normalized spacial score (nSPS) is 13.4. The largest absolute Gasteiger partial charge is 0.497 e. The molecule has 0 radical (unpaired) electrons. The molecule has 7 nitrogen and oxygen atoms in total. The van der Waals surface area contributed by atoms with E-state index in [4.69, 9.17) is 26.2 Å². The van der Waals surface area contributed by atoms with Gasteiger partial charge in [-0.05, 0) is 55.0 Å². The predicted octanol–water partition coefficient (Wildman–Crippen LogP) is 4.56. The van der Waals surface area contributed by atoms with E-state index in [0.717, 1.165) is 16.9 Å². The lowest BCUT2D eigenvalue weighted by atomic mass is 10.1. The molecule has 0 unspecified atom stereocenters. The minimum atomic E-state index is -0.440. The number of nitrogens with zero attached hydrogens (tertiary/aromatic N) is 4. The van der Waals surface area contributed by atoms with Gasteiger partial charge >= 0.3 is 5.97 Å². The van der Waals surface area contributed by atoms with E-state index in [1.807, 2.05) is 36.4 Å². The molecule has 1 aliphatic rings. The van der Waals surface area contributed by atoms with Gasteiger partial charge < -0.3 is 9.47 Å². The third-order valence-electron chi connectivity index (χ3n) is 4.48. The van der Waals surface area contributed by atoms with Gasteiger partial charge in [0.25, 0.3) is 0 Å². The number of esters is 1. The summed E-state index contributed by atoms with van der Waals surface area (Å²) in [6.45, 7) is 2.03. The van der Waals surface area contributed by atoms with Crippen molar-refractivity contribution in [1.29, 1.82) is 0 Å². The van der Waals surface area contributed by atoms with Crippen LogP contribution >= 0.6 is 23.4 Å². The number of benzene rings is 2. The molecule has 9 heteroatoms. The molecule has 0 spiro atoms. The van der Waals surface area contributed by atoms with Crippen LogP contribution in [0.15, 0.2) is 64.4 Å². The Morgan fingerprint density at radius 3 is 2.74 bits per heavy atom. The van der Waals surface area contributed by atoms with Crippen molar-refractivity contribution in [3.05, 3.63) is 64.7 Å². The average Bonchev–Trinajstić information content (AvgIpc) is 3.21. The molecule has 0 fully saturated rings. The summed E-state index contributed by atoms with van der Waals surface area (Å²) in [5.74, 6) is 1.35. The molecule has 1 aromatic heterocycles. The maximum atomic E-state index is 12.7. The molecule has 0 atom stereocenters. The molecule has 0 aliphatic carbocycles. The number of rotatable bonds is 6. The summed E-state index contributed by atoms with van der Waals surface area (Å²) in [4.78, 5) is 12.7. The van der Waals surface area contributed by atoms with Crippen LogP contribution in [0.3, 0.4) is 0 Å². The topological polar surface area (TPSA) is 78.6 Å². The Bertz CT molecular complexity index is 1170. The first-order valence-electron chi connectivity index (χ1n) is 9.54. The zero-order chi connectivity index (χ0) is 21.8. The summed E-state index contributed by atoms with van der Waals surface area (Å²) in [5, 5.41) is 14.5. The highest BCUT2D eigenvalue weighted by atomic mass is 35.5. The number of carbonyl (C=O) groups excluding carboxylic acids is 1. The minimum absolute atomic E-state index is 0.265. The van der Waals surface area contributed by atoms with E-state index in [1.165, 1.54) is 11.8 Å². The first kappa shape index (κ1) is 21.1. The monoisotopic (exact) mass is 454 g/mol. The van der Waals surface area contributed by atoms with Gasteiger partial charge in [0, 0.05) is 16.3 Å². The molecule has 2 heterocycles. The van der Waals surface area contributed by atoms with Crippen LogP contribution in [0.2, 0.25) is 5.02 Å². The van der Waals surface area contributed by atoms with Crippen molar-refractivity contribution in [2.45, 2.75) is 12.1 Å². The van der Waals surface area contributed by atoms with E-state index < -0.39 is 5.97 Å². The molecule has 3 aromatic rings. The average molecular weight is 455 g/mol. The number of halogens is 1. The van der Waals surface area contributed by atoms with Crippen LogP contribution in [0.5, 0.6) is 5.75 Å². The second-order valence-electron chi connectivity index (χ2n) is 6.52. The number of methoxy groups -OCH3 is 1. The lowest BCUT2D eigenvalue weighted by Crippen LogP contribution is -2.21. The molecular formula is C22H19ClN4O3S. The standard InChI is InChI=1S/C22H19ClN4O3S/c1-3-30-21(28)18(12-14-5-4-6-16(23)11-14)19-13-31-22-25-24-20(27(22)26-19)15-7-9-17(29-2)10-8-15/h4-12H,3,13H2,1-2H3. The number of hydrogen-bond acceptors (Lipinski definition) is 7. The zero-order valence-electron chi connectivity index (χ0n) is 16.9. The van der Waals surface area contributed by atoms with Crippen LogP contribution in [0, 0.1) is 0 Å². The highest BCUT2D eigenvalue weighted by molar-refractivity contribution is 7.99. The zero-order valence-corrected chi connectivity index (χ0v) is 18.5. The van der Waals surface area contributed by atoms with Gasteiger partial charge in [-0.2, -0.15) is 9.78 Å². The quantitative estimate of drug-likeness (QED) is 0.401. The fourth-order valence-electron chi connectivity index (χ4n) is 3.01. The first-order valence-corrected chi connectivity index (χ1v) is 10.9. The highest BCUT2D eigenvalue weighted by Gasteiger charge is 2.25. The van der Waals surface area contributed by atoms with E-state index in [1.54, 1.807) is 36.9 Å². The number of fused-ring (bicyclic) bond motifs is 1. The Hall–Kier alpha value is -3.10. The minimum Gasteiger partial charge on any atom is -0.497 e. The molecule has 0 saturated carbocycles. The summed E-state index contributed by atoms with van der Waals surface area (Å²) in [6, 6.07) is 14.7.